The number of nitrogens with zero attached hydrogens (tertiary/aromatic N) is 2. The summed E-state index contributed by atoms with van der Waals surface area (Å²) in [6.07, 6.45) is 1.79. The zero-order valence-corrected chi connectivity index (χ0v) is 12.8. The Morgan fingerprint density at radius 3 is 2.65 bits per heavy atom. The maximum Gasteiger partial charge on any atom is 0.274 e. The quantitative estimate of drug-likeness (QED) is 0.806. The SMILES string of the molecule is Cc1cnc(C(C)NC(=O)c2n[nH]c(C(C)C)c2N)s1. The molecule has 7 heteroatoms. The van der Waals surface area contributed by atoms with E-state index in [0.29, 0.717) is 5.69 Å². The van der Waals surface area contributed by atoms with Gasteiger partial charge in [0.15, 0.2) is 5.69 Å². The monoisotopic (exact) mass is 293 g/mol. The smallest absolute Gasteiger partial charge is 0.274 e. The maximum atomic E-state index is 12.2. The van der Waals surface area contributed by atoms with E-state index >= 15 is 0 Å². The van der Waals surface area contributed by atoms with Crippen LogP contribution in [0.2, 0.25) is 0 Å². The van der Waals surface area contributed by atoms with E-state index in [4.69, 9.17) is 5.73 Å². The summed E-state index contributed by atoms with van der Waals surface area (Å²) >= 11 is 1.56. The average Bonchev–Trinajstić information content (AvgIpc) is 2.95. The number of anilines is 1. The first kappa shape index (κ1) is 14.5. The highest BCUT2D eigenvalue weighted by Crippen LogP contribution is 2.23. The predicted octanol–water partition coefficient (Wildman–Crippen LogP) is 2.37. The second-order valence-corrected chi connectivity index (χ2v) is 6.32. The molecule has 1 atom stereocenters. The molecule has 20 heavy (non-hydrogen) atoms. The molecule has 0 aliphatic rings. The molecule has 2 heterocycles. The Morgan fingerprint density at radius 2 is 2.15 bits per heavy atom. The third-order valence-electron chi connectivity index (χ3n) is 2.98. The number of carbonyl (C=O) groups is 1. The number of amides is 1. The van der Waals surface area contributed by atoms with Gasteiger partial charge in [0.1, 0.15) is 5.01 Å². The van der Waals surface area contributed by atoms with E-state index < -0.39 is 0 Å². The molecule has 0 aliphatic carbocycles. The number of carbonyl (C=O) groups excluding carboxylic acids is 1. The van der Waals surface area contributed by atoms with Crippen LogP contribution in [0.4, 0.5) is 5.69 Å². The van der Waals surface area contributed by atoms with E-state index in [2.05, 4.69) is 20.5 Å². The van der Waals surface area contributed by atoms with Crippen molar-refractivity contribution in [3.05, 3.63) is 27.5 Å². The lowest BCUT2D eigenvalue weighted by Crippen LogP contribution is -2.27. The van der Waals surface area contributed by atoms with Crippen LogP contribution in [0.3, 0.4) is 0 Å². The topological polar surface area (TPSA) is 96.7 Å². The largest absolute Gasteiger partial charge is 0.395 e. The van der Waals surface area contributed by atoms with Gasteiger partial charge in [-0.15, -0.1) is 11.3 Å². The molecule has 0 aromatic carbocycles. The van der Waals surface area contributed by atoms with Crippen molar-refractivity contribution >= 4 is 22.9 Å². The van der Waals surface area contributed by atoms with Crippen LogP contribution in [0.5, 0.6) is 0 Å². The highest BCUT2D eigenvalue weighted by Gasteiger charge is 2.21. The fourth-order valence-electron chi connectivity index (χ4n) is 1.88. The molecular formula is C13H19N5OS. The van der Waals surface area contributed by atoms with Crippen molar-refractivity contribution in [2.75, 3.05) is 5.73 Å². The summed E-state index contributed by atoms with van der Waals surface area (Å²) in [6.45, 7) is 7.86. The molecule has 6 nitrogen and oxygen atoms in total. The van der Waals surface area contributed by atoms with Crippen LogP contribution < -0.4 is 11.1 Å². The number of thiazole rings is 1. The van der Waals surface area contributed by atoms with Gasteiger partial charge in [-0.3, -0.25) is 9.89 Å². The van der Waals surface area contributed by atoms with E-state index in [1.165, 1.54) is 0 Å². The summed E-state index contributed by atoms with van der Waals surface area (Å²) in [5.41, 5.74) is 7.40. The number of H-pyrrole nitrogens is 1. The molecule has 1 amide bonds. The summed E-state index contributed by atoms with van der Waals surface area (Å²) in [6, 6.07) is -0.167. The fraction of sp³-hybridized carbons (Fsp3) is 0.462. The number of aromatic amines is 1. The number of aryl methyl sites for hydroxylation is 1. The van der Waals surface area contributed by atoms with Gasteiger partial charge in [0.05, 0.1) is 17.4 Å². The van der Waals surface area contributed by atoms with Gasteiger partial charge < -0.3 is 11.1 Å². The van der Waals surface area contributed by atoms with Crippen molar-refractivity contribution in [1.82, 2.24) is 20.5 Å². The zero-order chi connectivity index (χ0) is 14.9. The first-order chi connectivity index (χ1) is 9.40. The third kappa shape index (κ3) is 2.82. The summed E-state index contributed by atoms with van der Waals surface area (Å²) in [5.74, 6) is -0.0888. The van der Waals surface area contributed by atoms with E-state index in [1.54, 1.807) is 17.5 Å². The molecule has 0 aliphatic heterocycles. The molecular weight excluding hydrogens is 274 g/mol. The molecule has 0 saturated heterocycles. The number of nitrogen functional groups attached to an aromatic ring is 1. The van der Waals surface area contributed by atoms with Crippen molar-refractivity contribution in [2.45, 2.75) is 39.7 Å². The van der Waals surface area contributed by atoms with Crippen molar-refractivity contribution < 1.29 is 4.79 Å². The van der Waals surface area contributed by atoms with E-state index in [9.17, 15) is 4.79 Å². The third-order valence-corrected chi connectivity index (χ3v) is 4.08. The first-order valence-corrected chi connectivity index (χ1v) is 7.28. The van der Waals surface area contributed by atoms with Crippen LogP contribution in [0.15, 0.2) is 6.20 Å². The minimum absolute atomic E-state index is 0.167. The summed E-state index contributed by atoms with van der Waals surface area (Å²) in [5, 5.41) is 10.6. The molecule has 0 radical (unpaired) electrons. The predicted molar refractivity (Wildman–Crippen MR) is 79.8 cm³/mol. The normalized spacial score (nSPS) is 12.7. The summed E-state index contributed by atoms with van der Waals surface area (Å²) in [4.78, 5) is 17.6. The molecule has 2 aromatic heterocycles. The van der Waals surface area contributed by atoms with E-state index in [0.717, 1.165) is 15.6 Å². The number of aromatic nitrogens is 3. The lowest BCUT2D eigenvalue weighted by Gasteiger charge is -2.10. The minimum Gasteiger partial charge on any atom is -0.395 e. The van der Waals surface area contributed by atoms with Crippen molar-refractivity contribution in [1.29, 1.82) is 0 Å². The van der Waals surface area contributed by atoms with Crippen molar-refractivity contribution in [3.63, 3.8) is 0 Å². The van der Waals surface area contributed by atoms with E-state index in [1.807, 2.05) is 27.7 Å². The van der Waals surface area contributed by atoms with E-state index in [-0.39, 0.29) is 23.6 Å². The Morgan fingerprint density at radius 1 is 1.45 bits per heavy atom. The lowest BCUT2D eigenvalue weighted by molar-refractivity contribution is 0.0935. The molecule has 4 N–H and O–H groups in total. The average molecular weight is 293 g/mol. The van der Waals surface area contributed by atoms with Gasteiger partial charge in [-0.2, -0.15) is 5.10 Å². The Balaban J connectivity index is 2.12. The van der Waals surface area contributed by atoms with Crippen LogP contribution in [-0.2, 0) is 0 Å². The van der Waals surface area contributed by atoms with Gasteiger partial charge in [-0.1, -0.05) is 13.8 Å². The van der Waals surface area contributed by atoms with Gasteiger partial charge in [-0.05, 0) is 19.8 Å². The van der Waals surface area contributed by atoms with Gasteiger partial charge in [0.25, 0.3) is 5.91 Å². The molecule has 1 unspecified atom stereocenters. The highest BCUT2D eigenvalue weighted by atomic mass is 32.1. The molecule has 2 rings (SSSR count). The molecule has 0 fully saturated rings. The van der Waals surface area contributed by atoms with Gasteiger partial charge >= 0.3 is 0 Å². The number of hydrogen-bond acceptors (Lipinski definition) is 5. The summed E-state index contributed by atoms with van der Waals surface area (Å²) in [7, 11) is 0. The van der Waals surface area contributed by atoms with Crippen molar-refractivity contribution in [3.8, 4) is 0 Å². The molecule has 2 aromatic rings. The second-order valence-electron chi connectivity index (χ2n) is 5.06. The van der Waals surface area contributed by atoms with Crippen LogP contribution in [0.25, 0.3) is 0 Å². The van der Waals surface area contributed by atoms with Crippen LogP contribution in [0, 0.1) is 6.92 Å². The van der Waals surface area contributed by atoms with Crippen molar-refractivity contribution in [2.24, 2.45) is 0 Å². The summed E-state index contributed by atoms with van der Waals surface area (Å²) < 4.78 is 0. The maximum absolute atomic E-state index is 12.2. The molecule has 108 valence electrons. The Bertz CT molecular complexity index is 616. The van der Waals surface area contributed by atoms with Gasteiger partial charge in [0.2, 0.25) is 0 Å². The van der Waals surface area contributed by atoms with Crippen LogP contribution in [0.1, 0.15) is 58.8 Å². The standard InChI is InChI=1S/C13H19N5OS/c1-6(2)10-9(14)11(18-17-10)12(19)16-8(4)13-15-5-7(3)20-13/h5-6,8H,14H2,1-4H3,(H,16,19)(H,17,18). The second kappa shape index (κ2) is 5.62. The van der Waals surface area contributed by atoms with Gasteiger partial charge in [-0.25, -0.2) is 4.98 Å². The number of nitrogens with two attached hydrogens (primary N) is 1. The Kier molecular flexibility index (Phi) is 4.08. The highest BCUT2D eigenvalue weighted by molar-refractivity contribution is 7.11. The number of hydrogen-bond donors (Lipinski definition) is 3. The molecule has 0 spiro atoms. The fourth-order valence-corrected chi connectivity index (χ4v) is 2.65. The Hall–Kier alpha value is -1.89. The number of rotatable bonds is 4. The molecule has 0 saturated carbocycles. The van der Waals surface area contributed by atoms with Crippen LogP contribution >= 0.6 is 11.3 Å². The minimum atomic E-state index is -0.286. The Labute approximate surface area is 121 Å². The lowest BCUT2D eigenvalue weighted by atomic mass is 10.1. The first-order valence-electron chi connectivity index (χ1n) is 6.47. The number of nitrogens with one attached hydrogen (secondary N) is 2. The molecule has 0 bridgehead atoms. The van der Waals surface area contributed by atoms with Crippen LogP contribution in [-0.4, -0.2) is 21.1 Å². The zero-order valence-electron chi connectivity index (χ0n) is 12.0. The van der Waals surface area contributed by atoms with Gasteiger partial charge in [0, 0.05) is 11.1 Å².